The van der Waals surface area contributed by atoms with Crippen LogP contribution in [-0.2, 0) is 22.4 Å². The van der Waals surface area contributed by atoms with Gasteiger partial charge >= 0.3 is 5.97 Å². The number of hydrogen-bond donors (Lipinski definition) is 2. The smallest absolute Gasteiger partial charge is 0.303 e. The summed E-state index contributed by atoms with van der Waals surface area (Å²) in [4.78, 5) is 30.7. The third-order valence-corrected chi connectivity index (χ3v) is 6.89. The van der Waals surface area contributed by atoms with Crippen molar-refractivity contribution in [2.75, 3.05) is 25.0 Å². The summed E-state index contributed by atoms with van der Waals surface area (Å²) < 4.78 is 13.3. The number of carbonyl (C=O) groups excluding carboxylic acids is 1. The number of aliphatic carboxylic acids is 1. The first-order valence-corrected chi connectivity index (χ1v) is 12.0. The van der Waals surface area contributed by atoms with Crippen LogP contribution >= 0.6 is 0 Å². The lowest BCUT2D eigenvalue weighted by molar-refractivity contribution is -0.137. The van der Waals surface area contributed by atoms with Gasteiger partial charge in [0.05, 0.1) is 6.42 Å². The molecule has 0 spiro atoms. The molecule has 0 bridgehead atoms. The summed E-state index contributed by atoms with van der Waals surface area (Å²) >= 11 is 0. The number of piperidine rings is 1. The van der Waals surface area contributed by atoms with Gasteiger partial charge in [0.2, 0.25) is 5.91 Å². The highest BCUT2D eigenvalue weighted by atomic mass is 19.1. The molecule has 33 heavy (non-hydrogen) atoms. The number of aromatic nitrogens is 1. The molecule has 1 fully saturated rings. The molecule has 2 aromatic rings. The molecule has 4 rings (SSSR count). The van der Waals surface area contributed by atoms with Gasteiger partial charge in [0, 0.05) is 31.7 Å². The summed E-state index contributed by atoms with van der Waals surface area (Å²) in [6.07, 6.45) is 5.78. The molecule has 2 N–H and O–H groups in total. The number of hydrogen-bond acceptors (Lipinski definition) is 4. The van der Waals surface area contributed by atoms with Gasteiger partial charge in [-0.1, -0.05) is 18.2 Å². The lowest BCUT2D eigenvalue weighted by Crippen LogP contribution is -2.39. The van der Waals surface area contributed by atoms with Crippen LogP contribution in [0.4, 0.5) is 10.2 Å². The molecule has 1 saturated heterocycles. The second-order valence-corrected chi connectivity index (χ2v) is 9.25. The van der Waals surface area contributed by atoms with Crippen molar-refractivity contribution in [3.63, 3.8) is 0 Å². The Bertz CT molecular complexity index is 971. The minimum absolute atomic E-state index is 0.0351. The SMILES string of the molecule is O=C(O)CC(CC1CCN(C(=O)CCc2ccc3c(n2)NCCC3)CC1)c1ccc(F)cc1. The quantitative estimate of drug-likeness (QED) is 0.619. The van der Waals surface area contributed by atoms with E-state index in [-0.39, 0.29) is 24.1 Å². The molecule has 1 atom stereocenters. The molecule has 0 saturated carbocycles. The van der Waals surface area contributed by atoms with Crippen LogP contribution in [0.2, 0.25) is 0 Å². The first-order valence-electron chi connectivity index (χ1n) is 12.0. The van der Waals surface area contributed by atoms with E-state index in [2.05, 4.69) is 16.4 Å². The maximum absolute atomic E-state index is 13.3. The molecule has 176 valence electrons. The molecule has 0 radical (unpaired) electrons. The van der Waals surface area contributed by atoms with Crippen LogP contribution in [0.3, 0.4) is 0 Å². The van der Waals surface area contributed by atoms with E-state index in [0.717, 1.165) is 55.7 Å². The average Bonchev–Trinajstić information content (AvgIpc) is 2.82. The summed E-state index contributed by atoms with van der Waals surface area (Å²) in [7, 11) is 0. The van der Waals surface area contributed by atoms with Gasteiger partial charge in [-0.05, 0) is 79.7 Å². The van der Waals surface area contributed by atoms with Gasteiger partial charge in [-0.25, -0.2) is 9.37 Å². The molecule has 1 unspecified atom stereocenters. The van der Waals surface area contributed by atoms with Crippen molar-refractivity contribution in [1.82, 2.24) is 9.88 Å². The number of carboxylic acids is 1. The normalized spacial score (nSPS) is 17.2. The monoisotopic (exact) mass is 453 g/mol. The topological polar surface area (TPSA) is 82.5 Å². The fourth-order valence-electron chi connectivity index (χ4n) is 5.00. The van der Waals surface area contributed by atoms with E-state index in [9.17, 15) is 19.1 Å². The van der Waals surface area contributed by atoms with Crippen molar-refractivity contribution in [2.24, 2.45) is 5.92 Å². The van der Waals surface area contributed by atoms with E-state index >= 15 is 0 Å². The zero-order valence-electron chi connectivity index (χ0n) is 18.9. The molecule has 1 aromatic carbocycles. The Labute approximate surface area is 194 Å². The predicted molar refractivity (Wildman–Crippen MR) is 125 cm³/mol. The minimum atomic E-state index is -0.845. The van der Waals surface area contributed by atoms with Crippen molar-refractivity contribution >= 4 is 17.7 Å². The third kappa shape index (κ3) is 6.30. The number of benzene rings is 1. The number of likely N-dealkylation sites (tertiary alicyclic amines) is 1. The number of carboxylic acid groups (broad SMARTS) is 1. The molecule has 2 aliphatic heterocycles. The Hall–Kier alpha value is -2.96. The number of rotatable bonds is 8. The Morgan fingerprint density at radius 3 is 2.64 bits per heavy atom. The number of halogens is 1. The Balaban J connectivity index is 1.26. The van der Waals surface area contributed by atoms with Crippen molar-refractivity contribution in [2.45, 2.75) is 57.3 Å². The van der Waals surface area contributed by atoms with Crippen LogP contribution in [0, 0.1) is 11.7 Å². The summed E-state index contributed by atoms with van der Waals surface area (Å²) in [5.41, 5.74) is 3.06. The van der Waals surface area contributed by atoms with Gasteiger partial charge in [-0.15, -0.1) is 0 Å². The van der Waals surface area contributed by atoms with E-state index in [1.54, 1.807) is 12.1 Å². The zero-order valence-corrected chi connectivity index (χ0v) is 18.9. The first-order chi connectivity index (χ1) is 16.0. The first kappa shape index (κ1) is 23.2. The second kappa shape index (κ2) is 10.8. The van der Waals surface area contributed by atoms with Crippen LogP contribution in [0.25, 0.3) is 0 Å². The number of aryl methyl sites for hydroxylation is 2. The molecular formula is C26H32FN3O3. The highest BCUT2D eigenvalue weighted by Crippen LogP contribution is 2.32. The zero-order chi connectivity index (χ0) is 23.2. The minimum Gasteiger partial charge on any atom is -0.481 e. The van der Waals surface area contributed by atoms with E-state index in [0.29, 0.717) is 31.8 Å². The summed E-state index contributed by atoms with van der Waals surface area (Å²) in [6, 6.07) is 10.3. The lowest BCUT2D eigenvalue weighted by atomic mass is 9.82. The Morgan fingerprint density at radius 1 is 1.15 bits per heavy atom. The number of pyridine rings is 1. The van der Waals surface area contributed by atoms with Crippen LogP contribution in [0.5, 0.6) is 0 Å². The highest BCUT2D eigenvalue weighted by Gasteiger charge is 2.26. The Morgan fingerprint density at radius 2 is 1.91 bits per heavy atom. The second-order valence-electron chi connectivity index (χ2n) is 9.25. The number of nitrogens with zero attached hydrogens (tertiary/aromatic N) is 2. The maximum atomic E-state index is 13.3. The largest absolute Gasteiger partial charge is 0.481 e. The van der Waals surface area contributed by atoms with Crippen LogP contribution in [0.1, 0.15) is 61.3 Å². The molecule has 1 amide bonds. The number of amides is 1. The van der Waals surface area contributed by atoms with Gasteiger partial charge in [0.15, 0.2) is 0 Å². The maximum Gasteiger partial charge on any atom is 0.303 e. The highest BCUT2D eigenvalue weighted by molar-refractivity contribution is 5.76. The molecule has 2 aliphatic rings. The predicted octanol–water partition coefficient (Wildman–Crippen LogP) is 4.40. The summed E-state index contributed by atoms with van der Waals surface area (Å²) in [5.74, 6) is 0.172. The van der Waals surface area contributed by atoms with E-state index in [1.807, 2.05) is 11.0 Å². The third-order valence-electron chi connectivity index (χ3n) is 6.89. The average molecular weight is 454 g/mol. The van der Waals surface area contributed by atoms with E-state index in [1.165, 1.54) is 17.7 Å². The standard InChI is InChI=1S/C26H32FN3O3/c27-22-6-3-19(4-7-22)21(17-25(32)33)16-18-11-14-30(15-12-18)24(31)10-9-23-8-5-20-2-1-13-28-26(20)29-23/h3-8,18,21H,1-2,9-17H2,(H,28,29)(H,32,33). The van der Waals surface area contributed by atoms with Crippen LogP contribution in [-0.4, -0.2) is 46.5 Å². The van der Waals surface area contributed by atoms with E-state index in [4.69, 9.17) is 0 Å². The van der Waals surface area contributed by atoms with Crippen molar-refractivity contribution in [3.05, 3.63) is 59.0 Å². The molecule has 0 aliphatic carbocycles. The van der Waals surface area contributed by atoms with Gasteiger partial charge < -0.3 is 15.3 Å². The summed E-state index contributed by atoms with van der Waals surface area (Å²) in [6.45, 7) is 2.35. The fraction of sp³-hybridized carbons (Fsp3) is 0.500. The van der Waals surface area contributed by atoms with Gasteiger partial charge in [-0.3, -0.25) is 9.59 Å². The fourth-order valence-corrected chi connectivity index (χ4v) is 5.00. The van der Waals surface area contributed by atoms with Crippen LogP contribution < -0.4 is 5.32 Å². The van der Waals surface area contributed by atoms with Gasteiger partial charge in [0.1, 0.15) is 11.6 Å². The Kier molecular flexibility index (Phi) is 7.57. The van der Waals surface area contributed by atoms with Crippen molar-refractivity contribution in [3.8, 4) is 0 Å². The lowest BCUT2D eigenvalue weighted by Gasteiger charge is -2.33. The van der Waals surface area contributed by atoms with Crippen molar-refractivity contribution in [1.29, 1.82) is 0 Å². The number of anilines is 1. The van der Waals surface area contributed by atoms with E-state index < -0.39 is 5.97 Å². The number of nitrogens with one attached hydrogen (secondary N) is 1. The number of fused-ring (bicyclic) bond motifs is 1. The van der Waals surface area contributed by atoms with Gasteiger partial charge in [-0.2, -0.15) is 0 Å². The van der Waals surface area contributed by atoms with Crippen molar-refractivity contribution < 1.29 is 19.1 Å². The molecule has 6 nitrogen and oxygen atoms in total. The van der Waals surface area contributed by atoms with Gasteiger partial charge in [0.25, 0.3) is 0 Å². The summed E-state index contributed by atoms with van der Waals surface area (Å²) in [5, 5.41) is 12.7. The van der Waals surface area contributed by atoms with Crippen LogP contribution in [0.15, 0.2) is 36.4 Å². The molecule has 7 heteroatoms. The molecule has 1 aromatic heterocycles. The number of carbonyl (C=O) groups is 2. The molecular weight excluding hydrogens is 421 g/mol. The molecule has 3 heterocycles.